The third-order valence-electron chi connectivity index (χ3n) is 2.19. The molecule has 5 heteroatoms. The van der Waals surface area contributed by atoms with Gasteiger partial charge in [-0.2, -0.15) is 0 Å². The molecule has 16 heavy (non-hydrogen) atoms. The molecular formula is C11H13N3OS. The van der Waals surface area contributed by atoms with Crippen molar-refractivity contribution in [1.82, 2.24) is 10.4 Å². The molecule has 0 aliphatic heterocycles. The number of hydrogen-bond donors (Lipinski definition) is 2. The minimum absolute atomic E-state index is 0.583. The zero-order chi connectivity index (χ0) is 11.4. The van der Waals surface area contributed by atoms with Gasteiger partial charge in [0, 0.05) is 10.9 Å². The number of benzene rings is 1. The van der Waals surface area contributed by atoms with Crippen molar-refractivity contribution in [2.24, 2.45) is 5.84 Å². The van der Waals surface area contributed by atoms with Crippen LogP contribution in [0.15, 0.2) is 29.6 Å². The number of para-hydroxylation sites is 1. The largest absolute Gasteiger partial charge is 0.496 e. The van der Waals surface area contributed by atoms with Gasteiger partial charge in [0.2, 0.25) is 0 Å². The van der Waals surface area contributed by atoms with Crippen molar-refractivity contribution < 1.29 is 4.74 Å². The predicted octanol–water partition coefficient (Wildman–Crippen LogP) is 1.78. The van der Waals surface area contributed by atoms with Gasteiger partial charge in [0.25, 0.3) is 0 Å². The molecule has 0 saturated carbocycles. The maximum atomic E-state index is 5.29. The zero-order valence-electron chi connectivity index (χ0n) is 8.93. The van der Waals surface area contributed by atoms with Crippen molar-refractivity contribution in [2.75, 3.05) is 7.11 Å². The van der Waals surface area contributed by atoms with Crippen molar-refractivity contribution >= 4 is 11.3 Å². The highest BCUT2D eigenvalue weighted by molar-refractivity contribution is 7.09. The van der Waals surface area contributed by atoms with Gasteiger partial charge in [0.1, 0.15) is 10.8 Å². The van der Waals surface area contributed by atoms with Crippen LogP contribution in [-0.2, 0) is 6.54 Å². The summed E-state index contributed by atoms with van der Waals surface area (Å²) in [5.74, 6) is 6.09. The van der Waals surface area contributed by atoms with Crippen LogP contribution in [0.25, 0.3) is 11.3 Å². The maximum absolute atomic E-state index is 5.29. The molecule has 0 unspecified atom stereocenters. The number of ether oxygens (including phenoxy) is 1. The smallest absolute Gasteiger partial charge is 0.128 e. The highest BCUT2D eigenvalue weighted by atomic mass is 32.1. The first kappa shape index (κ1) is 11.1. The number of nitrogens with two attached hydrogens (primary N) is 1. The molecule has 1 aromatic carbocycles. The number of rotatable bonds is 4. The fourth-order valence-corrected chi connectivity index (χ4v) is 2.20. The number of hydrogen-bond acceptors (Lipinski definition) is 5. The van der Waals surface area contributed by atoms with Crippen LogP contribution in [0.4, 0.5) is 0 Å². The number of methoxy groups -OCH3 is 1. The van der Waals surface area contributed by atoms with Gasteiger partial charge in [-0.1, -0.05) is 12.1 Å². The van der Waals surface area contributed by atoms with E-state index in [4.69, 9.17) is 10.6 Å². The minimum Gasteiger partial charge on any atom is -0.496 e. The van der Waals surface area contributed by atoms with E-state index in [1.807, 2.05) is 29.6 Å². The Morgan fingerprint density at radius 2 is 2.25 bits per heavy atom. The number of hydrazine groups is 1. The van der Waals surface area contributed by atoms with Gasteiger partial charge >= 0.3 is 0 Å². The molecule has 0 saturated heterocycles. The van der Waals surface area contributed by atoms with E-state index in [1.165, 1.54) is 0 Å². The van der Waals surface area contributed by atoms with Crippen LogP contribution in [0.1, 0.15) is 5.01 Å². The van der Waals surface area contributed by atoms with Gasteiger partial charge in [-0.05, 0) is 12.1 Å². The molecule has 84 valence electrons. The van der Waals surface area contributed by atoms with Crippen LogP contribution in [0.2, 0.25) is 0 Å². The van der Waals surface area contributed by atoms with Crippen molar-refractivity contribution in [1.29, 1.82) is 0 Å². The lowest BCUT2D eigenvalue weighted by Crippen LogP contribution is -2.20. The molecule has 0 bridgehead atoms. The first-order valence-electron chi connectivity index (χ1n) is 4.86. The molecule has 3 N–H and O–H groups in total. The van der Waals surface area contributed by atoms with Gasteiger partial charge in [0.05, 0.1) is 19.3 Å². The van der Waals surface area contributed by atoms with E-state index < -0.39 is 0 Å². The van der Waals surface area contributed by atoms with Crippen LogP contribution in [0.5, 0.6) is 5.75 Å². The average molecular weight is 235 g/mol. The van der Waals surface area contributed by atoms with Crippen molar-refractivity contribution in [3.8, 4) is 17.0 Å². The molecule has 0 spiro atoms. The topological polar surface area (TPSA) is 60.2 Å². The summed E-state index contributed by atoms with van der Waals surface area (Å²) in [6.07, 6.45) is 0. The number of nitrogens with zero attached hydrogens (tertiary/aromatic N) is 1. The van der Waals surface area contributed by atoms with Gasteiger partial charge in [-0.15, -0.1) is 11.3 Å². The third-order valence-corrected chi connectivity index (χ3v) is 3.04. The van der Waals surface area contributed by atoms with Gasteiger partial charge < -0.3 is 4.74 Å². The van der Waals surface area contributed by atoms with Crippen molar-refractivity contribution in [2.45, 2.75) is 6.54 Å². The maximum Gasteiger partial charge on any atom is 0.128 e. The van der Waals surface area contributed by atoms with Gasteiger partial charge in [0.15, 0.2) is 0 Å². The van der Waals surface area contributed by atoms with Crippen LogP contribution in [0.3, 0.4) is 0 Å². The summed E-state index contributed by atoms with van der Waals surface area (Å²) in [5.41, 5.74) is 4.52. The second-order valence-corrected chi connectivity index (χ2v) is 4.15. The predicted molar refractivity (Wildman–Crippen MR) is 65.1 cm³/mol. The molecule has 4 nitrogen and oxygen atoms in total. The molecule has 2 rings (SSSR count). The molecule has 0 amide bonds. The van der Waals surface area contributed by atoms with E-state index in [0.717, 1.165) is 22.0 Å². The van der Waals surface area contributed by atoms with E-state index in [0.29, 0.717) is 6.54 Å². The second-order valence-electron chi connectivity index (χ2n) is 3.21. The lowest BCUT2D eigenvalue weighted by molar-refractivity contribution is 0.416. The molecule has 0 aliphatic carbocycles. The number of aromatic nitrogens is 1. The van der Waals surface area contributed by atoms with Gasteiger partial charge in [-0.3, -0.25) is 11.3 Å². The zero-order valence-corrected chi connectivity index (χ0v) is 9.75. The summed E-state index contributed by atoms with van der Waals surface area (Å²) in [6.45, 7) is 0.583. The molecule has 0 aliphatic rings. The number of thiazole rings is 1. The monoisotopic (exact) mass is 235 g/mol. The molecule has 1 heterocycles. The summed E-state index contributed by atoms with van der Waals surface area (Å²) in [5, 5.41) is 2.97. The lowest BCUT2D eigenvalue weighted by Gasteiger charge is -2.04. The summed E-state index contributed by atoms with van der Waals surface area (Å²) >= 11 is 1.58. The minimum atomic E-state index is 0.583. The lowest BCUT2D eigenvalue weighted by atomic mass is 10.1. The average Bonchev–Trinajstić information content (AvgIpc) is 2.78. The van der Waals surface area contributed by atoms with Crippen LogP contribution < -0.4 is 16.0 Å². The summed E-state index contributed by atoms with van der Waals surface area (Å²) in [6, 6.07) is 7.83. The molecule has 2 aromatic rings. The second kappa shape index (κ2) is 5.07. The van der Waals surface area contributed by atoms with E-state index >= 15 is 0 Å². The Balaban J connectivity index is 2.34. The van der Waals surface area contributed by atoms with Crippen molar-refractivity contribution in [3.05, 3.63) is 34.7 Å². The SMILES string of the molecule is COc1ccccc1-c1csc(CNN)n1. The Morgan fingerprint density at radius 3 is 3.00 bits per heavy atom. The molecule has 0 radical (unpaired) electrons. The molecule has 1 aromatic heterocycles. The van der Waals surface area contributed by atoms with Crippen LogP contribution >= 0.6 is 11.3 Å². The number of nitrogens with one attached hydrogen (secondary N) is 1. The van der Waals surface area contributed by atoms with E-state index in [-0.39, 0.29) is 0 Å². The Labute approximate surface area is 98.1 Å². The Kier molecular flexibility index (Phi) is 3.51. The Hall–Kier alpha value is -1.43. The Bertz CT molecular complexity index is 470. The fourth-order valence-electron chi connectivity index (χ4n) is 1.46. The quantitative estimate of drug-likeness (QED) is 0.626. The Morgan fingerprint density at radius 1 is 1.44 bits per heavy atom. The fraction of sp³-hybridized carbons (Fsp3) is 0.182. The summed E-state index contributed by atoms with van der Waals surface area (Å²) in [4.78, 5) is 4.47. The van der Waals surface area contributed by atoms with Crippen molar-refractivity contribution in [3.63, 3.8) is 0 Å². The summed E-state index contributed by atoms with van der Waals surface area (Å²) < 4.78 is 5.29. The first-order valence-corrected chi connectivity index (χ1v) is 5.74. The highest BCUT2D eigenvalue weighted by Crippen LogP contribution is 2.30. The summed E-state index contributed by atoms with van der Waals surface area (Å²) in [7, 11) is 1.66. The van der Waals surface area contributed by atoms with Crippen LogP contribution in [-0.4, -0.2) is 12.1 Å². The third kappa shape index (κ3) is 2.21. The molecule has 0 atom stereocenters. The van der Waals surface area contributed by atoms with Crippen LogP contribution in [0, 0.1) is 0 Å². The van der Waals surface area contributed by atoms with E-state index in [1.54, 1.807) is 18.4 Å². The first-order chi connectivity index (χ1) is 7.85. The van der Waals surface area contributed by atoms with E-state index in [9.17, 15) is 0 Å². The van der Waals surface area contributed by atoms with E-state index in [2.05, 4.69) is 10.4 Å². The standard InChI is InChI=1S/C11H13N3OS/c1-15-10-5-3-2-4-8(10)9-7-16-11(14-9)6-13-12/h2-5,7,13H,6,12H2,1H3. The normalized spacial score (nSPS) is 10.4. The van der Waals surface area contributed by atoms with Gasteiger partial charge in [-0.25, -0.2) is 4.98 Å². The molecular weight excluding hydrogens is 222 g/mol. The highest BCUT2D eigenvalue weighted by Gasteiger charge is 2.08. The molecule has 0 fully saturated rings.